The number of nitrogens with zero attached hydrogens (tertiary/aromatic N) is 1. The highest BCUT2D eigenvalue weighted by Gasteiger charge is 2.45. The molecule has 4 heteroatoms. The number of hydrogen-bond donors (Lipinski definition) is 0. The molecular weight excluding hydrogens is 234 g/mol. The predicted octanol–water partition coefficient (Wildman–Crippen LogP) is 1.92. The molecule has 1 fully saturated rings. The minimum Gasteiger partial charge on any atom is -0.213 e. The molecule has 2 rings (SSSR count). The summed E-state index contributed by atoms with van der Waals surface area (Å²) in [6, 6.07) is 8.43. The van der Waals surface area contributed by atoms with Crippen LogP contribution >= 0.6 is 0 Å². The van der Waals surface area contributed by atoms with Gasteiger partial charge < -0.3 is 0 Å². The molecule has 0 aromatic heterocycles. The summed E-state index contributed by atoms with van der Waals surface area (Å²) in [6.07, 6.45) is 3.42. The molecule has 0 N–H and O–H groups in total. The van der Waals surface area contributed by atoms with E-state index in [0.29, 0.717) is 6.54 Å². The lowest BCUT2D eigenvalue weighted by Crippen LogP contribution is -2.33. The second kappa shape index (κ2) is 4.10. The van der Waals surface area contributed by atoms with Crippen LogP contribution < -0.4 is 0 Å². The van der Waals surface area contributed by atoms with Gasteiger partial charge in [-0.15, -0.1) is 0 Å². The monoisotopic (exact) mass is 253 g/mol. The highest BCUT2D eigenvalue weighted by Crippen LogP contribution is 2.48. The summed E-state index contributed by atoms with van der Waals surface area (Å²) in [4.78, 5) is 0. The van der Waals surface area contributed by atoms with Crippen LogP contribution in [0.15, 0.2) is 24.3 Å². The summed E-state index contributed by atoms with van der Waals surface area (Å²) in [5.41, 5.74) is 2.56. The molecule has 0 saturated heterocycles. The molecule has 0 heterocycles. The second-order valence-electron chi connectivity index (χ2n) is 5.17. The SMILES string of the molecule is Cc1ccc(C2(CN(C)S(C)(=O)=O)CC2)cc1. The van der Waals surface area contributed by atoms with Crippen LogP contribution in [0.4, 0.5) is 0 Å². The van der Waals surface area contributed by atoms with Crippen molar-refractivity contribution in [3.8, 4) is 0 Å². The standard InChI is InChI=1S/C13H19NO2S/c1-11-4-6-12(7-5-11)13(8-9-13)10-14(2)17(3,15)16/h4-7H,8-10H2,1-3H3. The fourth-order valence-electron chi connectivity index (χ4n) is 2.14. The summed E-state index contributed by atoms with van der Waals surface area (Å²) < 4.78 is 24.4. The first-order valence-corrected chi connectivity index (χ1v) is 7.67. The first-order valence-electron chi connectivity index (χ1n) is 5.82. The van der Waals surface area contributed by atoms with Gasteiger partial charge in [-0.25, -0.2) is 12.7 Å². The molecule has 3 nitrogen and oxygen atoms in total. The van der Waals surface area contributed by atoms with Gasteiger partial charge in [0, 0.05) is 19.0 Å². The smallest absolute Gasteiger partial charge is 0.210 e. The largest absolute Gasteiger partial charge is 0.213 e. The van der Waals surface area contributed by atoms with E-state index < -0.39 is 10.0 Å². The average Bonchev–Trinajstić information content (AvgIpc) is 2.98. The van der Waals surface area contributed by atoms with Gasteiger partial charge in [-0.2, -0.15) is 0 Å². The molecule has 1 aliphatic carbocycles. The summed E-state index contributed by atoms with van der Waals surface area (Å²) in [7, 11) is -1.42. The Bertz CT molecular complexity index is 501. The molecule has 0 bridgehead atoms. The van der Waals surface area contributed by atoms with Gasteiger partial charge in [-0.3, -0.25) is 0 Å². The molecule has 1 aliphatic rings. The van der Waals surface area contributed by atoms with Crippen LogP contribution in [0.3, 0.4) is 0 Å². The number of aryl methyl sites for hydroxylation is 1. The summed E-state index contributed by atoms with van der Waals surface area (Å²) in [5.74, 6) is 0. The Hall–Kier alpha value is -0.870. The molecule has 17 heavy (non-hydrogen) atoms. The molecule has 1 aromatic rings. The van der Waals surface area contributed by atoms with Crippen molar-refractivity contribution in [2.75, 3.05) is 19.8 Å². The third-order valence-electron chi connectivity index (χ3n) is 3.61. The molecule has 0 radical (unpaired) electrons. The van der Waals surface area contributed by atoms with Crippen LogP contribution in [-0.4, -0.2) is 32.6 Å². The predicted molar refractivity (Wildman–Crippen MR) is 69.6 cm³/mol. The fourth-order valence-corrected chi connectivity index (χ4v) is 2.62. The topological polar surface area (TPSA) is 37.4 Å². The van der Waals surface area contributed by atoms with E-state index in [0.717, 1.165) is 12.8 Å². The second-order valence-corrected chi connectivity index (χ2v) is 7.25. The number of benzene rings is 1. The van der Waals surface area contributed by atoms with Gasteiger partial charge in [0.1, 0.15) is 0 Å². The molecule has 0 spiro atoms. The Kier molecular flexibility index (Phi) is 3.04. The zero-order chi connectivity index (χ0) is 12.7. The summed E-state index contributed by atoms with van der Waals surface area (Å²) in [5, 5.41) is 0. The molecule has 1 saturated carbocycles. The van der Waals surface area contributed by atoms with Crippen LogP contribution in [-0.2, 0) is 15.4 Å². The van der Waals surface area contributed by atoms with Gasteiger partial charge in [0.2, 0.25) is 10.0 Å². The maximum Gasteiger partial charge on any atom is 0.210 e. The molecule has 1 aromatic carbocycles. The molecule has 0 atom stereocenters. The highest BCUT2D eigenvalue weighted by molar-refractivity contribution is 7.88. The van der Waals surface area contributed by atoms with Crippen molar-refractivity contribution in [3.63, 3.8) is 0 Å². The Morgan fingerprint density at radius 3 is 2.18 bits per heavy atom. The van der Waals surface area contributed by atoms with E-state index in [1.807, 2.05) is 0 Å². The van der Waals surface area contributed by atoms with Crippen LogP contribution in [0.2, 0.25) is 0 Å². The minimum atomic E-state index is -3.08. The van der Waals surface area contributed by atoms with Gasteiger partial charge >= 0.3 is 0 Å². The number of sulfonamides is 1. The molecule has 0 aliphatic heterocycles. The summed E-state index contributed by atoms with van der Waals surface area (Å²) >= 11 is 0. The quantitative estimate of drug-likeness (QED) is 0.822. The lowest BCUT2D eigenvalue weighted by atomic mass is 9.95. The van der Waals surface area contributed by atoms with E-state index in [1.165, 1.54) is 21.7 Å². The van der Waals surface area contributed by atoms with Gasteiger partial charge in [-0.05, 0) is 25.3 Å². The highest BCUT2D eigenvalue weighted by atomic mass is 32.2. The third kappa shape index (κ3) is 2.69. The van der Waals surface area contributed by atoms with Crippen molar-refractivity contribution < 1.29 is 8.42 Å². The van der Waals surface area contributed by atoms with Gasteiger partial charge in [0.25, 0.3) is 0 Å². The molecule has 94 valence electrons. The zero-order valence-corrected chi connectivity index (χ0v) is 11.4. The first kappa shape index (κ1) is 12.6. The van der Waals surface area contributed by atoms with Crippen molar-refractivity contribution in [3.05, 3.63) is 35.4 Å². The van der Waals surface area contributed by atoms with Crippen molar-refractivity contribution >= 4 is 10.0 Å². The normalized spacial score (nSPS) is 18.4. The Morgan fingerprint density at radius 1 is 1.24 bits per heavy atom. The van der Waals surface area contributed by atoms with Gasteiger partial charge in [0.15, 0.2) is 0 Å². The molecule has 0 unspecified atom stereocenters. The number of hydrogen-bond acceptors (Lipinski definition) is 2. The fraction of sp³-hybridized carbons (Fsp3) is 0.538. The van der Waals surface area contributed by atoms with Crippen molar-refractivity contribution in [2.45, 2.75) is 25.2 Å². The number of likely N-dealkylation sites (N-methyl/N-ethyl adjacent to an activating group) is 1. The van der Waals surface area contributed by atoms with E-state index in [1.54, 1.807) is 7.05 Å². The van der Waals surface area contributed by atoms with E-state index in [9.17, 15) is 8.42 Å². The minimum absolute atomic E-state index is 0.0610. The van der Waals surface area contributed by atoms with Crippen LogP contribution in [0.25, 0.3) is 0 Å². The van der Waals surface area contributed by atoms with Crippen LogP contribution in [0, 0.1) is 6.92 Å². The van der Waals surface area contributed by atoms with E-state index in [4.69, 9.17) is 0 Å². The first-order chi connectivity index (χ1) is 7.83. The summed E-state index contributed by atoms with van der Waals surface area (Å²) in [6.45, 7) is 2.65. The molecule has 0 amide bonds. The van der Waals surface area contributed by atoms with Crippen molar-refractivity contribution in [1.29, 1.82) is 0 Å². The zero-order valence-electron chi connectivity index (χ0n) is 10.6. The molecular formula is C13H19NO2S. The van der Waals surface area contributed by atoms with Crippen molar-refractivity contribution in [2.24, 2.45) is 0 Å². The van der Waals surface area contributed by atoms with Crippen molar-refractivity contribution in [1.82, 2.24) is 4.31 Å². The van der Waals surface area contributed by atoms with Crippen LogP contribution in [0.1, 0.15) is 24.0 Å². The Balaban J connectivity index is 2.18. The van der Waals surface area contributed by atoms with E-state index >= 15 is 0 Å². The van der Waals surface area contributed by atoms with E-state index in [2.05, 4.69) is 31.2 Å². The van der Waals surface area contributed by atoms with E-state index in [-0.39, 0.29) is 5.41 Å². The Labute approximate surface area is 104 Å². The maximum absolute atomic E-state index is 11.4. The average molecular weight is 253 g/mol. The Morgan fingerprint density at radius 2 is 1.76 bits per heavy atom. The van der Waals surface area contributed by atoms with Gasteiger partial charge in [-0.1, -0.05) is 29.8 Å². The third-order valence-corrected chi connectivity index (χ3v) is 4.87. The lowest BCUT2D eigenvalue weighted by Gasteiger charge is -2.22. The van der Waals surface area contributed by atoms with Gasteiger partial charge in [0.05, 0.1) is 6.26 Å². The lowest BCUT2D eigenvalue weighted by molar-refractivity contribution is 0.430. The maximum atomic E-state index is 11.4. The number of rotatable bonds is 4. The van der Waals surface area contributed by atoms with Crippen LogP contribution in [0.5, 0.6) is 0 Å².